The Hall–Kier alpha value is -1.92. The second kappa shape index (κ2) is 8.51. The van der Waals surface area contributed by atoms with Crippen LogP contribution < -0.4 is 10.6 Å². The molecule has 1 aliphatic heterocycles. The van der Waals surface area contributed by atoms with Gasteiger partial charge in [0.05, 0.1) is 6.54 Å². The van der Waals surface area contributed by atoms with Gasteiger partial charge in [-0.2, -0.15) is 0 Å². The summed E-state index contributed by atoms with van der Waals surface area (Å²) in [7, 11) is 1.51. The summed E-state index contributed by atoms with van der Waals surface area (Å²) >= 11 is 0. The van der Waals surface area contributed by atoms with Gasteiger partial charge in [0.1, 0.15) is 6.61 Å². The van der Waals surface area contributed by atoms with Crippen molar-refractivity contribution >= 4 is 17.5 Å². The van der Waals surface area contributed by atoms with Gasteiger partial charge in [-0.25, -0.2) is 0 Å². The zero-order chi connectivity index (χ0) is 15.8. The van der Waals surface area contributed by atoms with E-state index in [0.29, 0.717) is 6.54 Å². The number of methoxy groups -OCH3 is 1. The van der Waals surface area contributed by atoms with E-state index in [2.05, 4.69) is 15.5 Å². The molecule has 0 radical (unpaired) electrons. The minimum Gasteiger partial charge on any atom is -0.375 e. The number of para-hydroxylation sites is 1. The maximum atomic E-state index is 12.0. The van der Waals surface area contributed by atoms with E-state index < -0.39 is 0 Å². The highest BCUT2D eigenvalue weighted by atomic mass is 16.5. The Labute approximate surface area is 130 Å². The van der Waals surface area contributed by atoms with Crippen molar-refractivity contribution in [3.63, 3.8) is 0 Å². The number of nitrogens with one attached hydrogen (secondary N) is 2. The molecule has 0 saturated carbocycles. The molecule has 1 aromatic carbocycles. The predicted molar refractivity (Wildman–Crippen MR) is 84.6 cm³/mol. The monoisotopic (exact) mass is 305 g/mol. The van der Waals surface area contributed by atoms with Crippen LogP contribution in [0.2, 0.25) is 0 Å². The third kappa shape index (κ3) is 5.46. The fourth-order valence-corrected chi connectivity index (χ4v) is 2.56. The van der Waals surface area contributed by atoms with Crippen molar-refractivity contribution < 1.29 is 14.3 Å². The van der Waals surface area contributed by atoms with Gasteiger partial charge in [-0.05, 0) is 25.0 Å². The molecule has 1 aliphatic rings. The fourth-order valence-electron chi connectivity index (χ4n) is 2.56. The quantitative estimate of drug-likeness (QED) is 0.817. The van der Waals surface area contributed by atoms with Crippen LogP contribution in [-0.4, -0.2) is 56.1 Å². The summed E-state index contributed by atoms with van der Waals surface area (Å²) in [6, 6.07) is 9.62. The van der Waals surface area contributed by atoms with E-state index in [4.69, 9.17) is 4.74 Å². The zero-order valence-electron chi connectivity index (χ0n) is 12.9. The summed E-state index contributed by atoms with van der Waals surface area (Å²) < 4.78 is 4.80. The first-order valence-electron chi connectivity index (χ1n) is 7.53. The number of hydrogen-bond donors (Lipinski definition) is 2. The van der Waals surface area contributed by atoms with Gasteiger partial charge in [-0.15, -0.1) is 0 Å². The number of benzene rings is 1. The highest BCUT2D eigenvalue weighted by Gasteiger charge is 2.21. The lowest BCUT2D eigenvalue weighted by Gasteiger charge is -2.31. The van der Waals surface area contributed by atoms with Crippen molar-refractivity contribution in [2.24, 2.45) is 0 Å². The minimum absolute atomic E-state index is 0.00642. The van der Waals surface area contributed by atoms with Crippen LogP contribution in [0, 0.1) is 0 Å². The molecule has 0 bridgehead atoms. The lowest BCUT2D eigenvalue weighted by atomic mass is 10.1. The molecule has 22 heavy (non-hydrogen) atoms. The first-order chi connectivity index (χ1) is 10.7. The number of piperidine rings is 1. The molecule has 1 aromatic rings. The van der Waals surface area contributed by atoms with E-state index in [1.54, 1.807) is 0 Å². The van der Waals surface area contributed by atoms with Gasteiger partial charge in [0.15, 0.2) is 0 Å². The average molecular weight is 305 g/mol. The second-order valence-electron chi connectivity index (χ2n) is 5.47. The van der Waals surface area contributed by atoms with Crippen LogP contribution in [-0.2, 0) is 14.3 Å². The van der Waals surface area contributed by atoms with Gasteiger partial charge in [-0.1, -0.05) is 18.2 Å². The molecule has 0 spiro atoms. The van der Waals surface area contributed by atoms with Crippen molar-refractivity contribution in [2.75, 3.05) is 38.7 Å². The summed E-state index contributed by atoms with van der Waals surface area (Å²) in [5, 5.41) is 5.82. The maximum absolute atomic E-state index is 12.0. The van der Waals surface area contributed by atoms with Crippen LogP contribution in [0.3, 0.4) is 0 Å². The molecule has 0 unspecified atom stereocenters. The Balaban J connectivity index is 1.68. The van der Waals surface area contributed by atoms with E-state index in [1.807, 2.05) is 30.3 Å². The normalized spacial score (nSPS) is 16.2. The first-order valence-corrected chi connectivity index (χ1v) is 7.53. The number of hydrogen-bond acceptors (Lipinski definition) is 4. The predicted octanol–water partition coefficient (Wildman–Crippen LogP) is 0.852. The molecular weight excluding hydrogens is 282 g/mol. The van der Waals surface area contributed by atoms with Crippen LogP contribution in [0.25, 0.3) is 0 Å². The fraction of sp³-hybridized carbons (Fsp3) is 0.500. The molecule has 6 heteroatoms. The maximum Gasteiger partial charge on any atom is 0.246 e. The van der Waals surface area contributed by atoms with Crippen molar-refractivity contribution in [1.82, 2.24) is 10.2 Å². The summed E-state index contributed by atoms with van der Waals surface area (Å²) in [5.41, 5.74) is 0.814. The van der Waals surface area contributed by atoms with E-state index in [9.17, 15) is 9.59 Å². The molecule has 0 aliphatic carbocycles. The SMILES string of the molecule is COCC(=O)NC1CCN(CC(=O)Nc2ccccc2)CC1. The van der Waals surface area contributed by atoms with Crippen LogP contribution in [0.15, 0.2) is 30.3 Å². The van der Waals surface area contributed by atoms with Crippen molar-refractivity contribution in [2.45, 2.75) is 18.9 Å². The van der Waals surface area contributed by atoms with Crippen LogP contribution in [0.5, 0.6) is 0 Å². The molecule has 2 N–H and O–H groups in total. The smallest absolute Gasteiger partial charge is 0.246 e. The van der Waals surface area contributed by atoms with Gasteiger partial charge in [-0.3, -0.25) is 14.5 Å². The number of likely N-dealkylation sites (tertiary alicyclic amines) is 1. The lowest BCUT2D eigenvalue weighted by Crippen LogP contribution is -2.47. The minimum atomic E-state index is -0.0808. The molecule has 1 heterocycles. The largest absolute Gasteiger partial charge is 0.375 e. The topological polar surface area (TPSA) is 70.7 Å². The summed E-state index contributed by atoms with van der Waals surface area (Å²) in [6.07, 6.45) is 1.71. The van der Waals surface area contributed by atoms with Crippen LogP contribution >= 0.6 is 0 Å². The Morgan fingerprint density at radius 3 is 2.50 bits per heavy atom. The molecule has 2 rings (SSSR count). The van der Waals surface area contributed by atoms with E-state index in [1.165, 1.54) is 7.11 Å². The highest BCUT2D eigenvalue weighted by molar-refractivity contribution is 5.92. The number of rotatable bonds is 6. The Morgan fingerprint density at radius 2 is 1.86 bits per heavy atom. The highest BCUT2D eigenvalue weighted by Crippen LogP contribution is 2.11. The van der Waals surface area contributed by atoms with Crippen LogP contribution in [0.1, 0.15) is 12.8 Å². The Morgan fingerprint density at radius 1 is 1.18 bits per heavy atom. The van der Waals surface area contributed by atoms with Crippen molar-refractivity contribution in [3.8, 4) is 0 Å². The Kier molecular flexibility index (Phi) is 6.36. The second-order valence-corrected chi connectivity index (χ2v) is 5.47. The molecule has 1 saturated heterocycles. The standard InChI is InChI=1S/C16H23N3O3/c1-22-12-16(21)18-14-7-9-19(10-8-14)11-15(20)17-13-5-3-2-4-6-13/h2-6,14H,7-12H2,1H3,(H,17,20)(H,18,21). The van der Waals surface area contributed by atoms with E-state index >= 15 is 0 Å². The van der Waals surface area contributed by atoms with Gasteiger partial charge in [0.25, 0.3) is 0 Å². The molecule has 0 atom stereocenters. The number of carbonyl (C=O) groups is 2. The first kappa shape index (κ1) is 16.5. The van der Waals surface area contributed by atoms with Gasteiger partial charge in [0.2, 0.25) is 11.8 Å². The number of ether oxygens (including phenoxy) is 1. The van der Waals surface area contributed by atoms with Crippen molar-refractivity contribution in [3.05, 3.63) is 30.3 Å². The van der Waals surface area contributed by atoms with E-state index in [0.717, 1.165) is 31.6 Å². The van der Waals surface area contributed by atoms with Gasteiger partial charge < -0.3 is 15.4 Å². The molecule has 0 aromatic heterocycles. The molecule has 2 amide bonds. The summed E-state index contributed by atoms with van der Waals surface area (Å²) in [5.74, 6) is -0.0872. The Bertz CT molecular complexity index is 485. The molecule has 6 nitrogen and oxygen atoms in total. The van der Waals surface area contributed by atoms with Crippen molar-refractivity contribution in [1.29, 1.82) is 0 Å². The summed E-state index contributed by atoms with van der Waals surface area (Å²) in [4.78, 5) is 25.6. The van der Waals surface area contributed by atoms with Crippen LogP contribution in [0.4, 0.5) is 5.69 Å². The number of amides is 2. The third-order valence-electron chi connectivity index (χ3n) is 3.65. The van der Waals surface area contributed by atoms with E-state index in [-0.39, 0.29) is 24.5 Å². The zero-order valence-corrected chi connectivity index (χ0v) is 12.9. The van der Waals surface area contributed by atoms with Gasteiger partial charge >= 0.3 is 0 Å². The number of nitrogens with zero attached hydrogens (tertiary/aromatic N) is 1. The number of carbonyl (C=O) groups excluding carboxylic acids is 2. The molecular formula is C16H23N3O3. The average Bonchev–Trinajstić information content (AvgIpc) is 2.50. The van der Waals surface area contributed by atoms with Gasteiger partial charge in [0, 0.05) is 31.9 Å². The number of anilines is 1. The molecule has 1 fully saturated rings. The lowest BCUT2D eigenvalue weighted by molar-refractivity contribution is -0.126. The third-order valence-corrected chi connectivity index (χ3v) is 3.65. The summed E-state index contributed by atoms with van der Waals surface area (Å²) in [6.45, 7) is 2.09. The molecule has 120 valence electrons.